The SMILES string of the molecule is C=CC1=CC[C@@]2(Cl)C(=O)N(CBr)C(=O)[C@@]2(Cl)[C@H]1c1cc(C)c(O)c(C)c1. The number of aryl methyl sites for hydroxylation is 2. The maximum atomic E-state index is 13.1. The second-order valence-electron chi connectivity index (χ2n) is 6.72. The van der Waals surface area contributed by atoms with Gasteiger partial charge in [-0.2, -0.15) is 0 Å². The Labute approximate surface area is 170 Å². The smallest absolute Gasteiger partial charge is 0.254 e. The number of imide groups is 1. The maximum absolute atomic E-state index is 13.1. The van der Waals surface area contributed by atoms with Crippen LogP contribution >= 0.6 is 39.1 Å². The number of benzene rings is 1. The number of alkyl halides is 3. The van der Waals surface area contributed by atoms with Crippen molar-refractivity contribution in [3.8, 4) is 5.75 Å². The van der Waals surface area contributed by atoms with Gasteiger partial charge in [0.25, 0.3) is 11.8 Å². The Kier molecular flexibility index (Phi) is 4.79. The quantitative estimate of drug-likeness (QED) is 0.417. The van der Waals surface area contributed by atoms with Crippen LogP contribution in [0.1, 0.15) is 29.0 Å². The van der Waals surface area contributed by atoms with Crippen molar-refractivity contribution in [2.75, 3.05) is 5.45 Å². The molecule has 0 saturated carbocycles. The van der Waals surface area contributed by atoms with E-state index < -0.39 is 27.5 Å². The fraction of sp³-hybridized carbons (Fsp3) is 0.368. The van der Waals surface area contributed by atoms with Gasteiger partial charge in [-0.15, -0.1) is 23.2 Å². The number of phenols is 1. The second-order valence-corrected chi connectivity index (χ2v) is 8.46. The van der Waals surface area contributed by atoms with Gasteiger partial charge in [-0.25, -0.2) is 0 Å². The first-order chi connectivity index (χ1) is 12.1. The zero-order valence-electron chi connectivity index (χ0n) is 14.4. The molecule has 1 aromatic carbocycles. The molecular weight excluding hydrogens is 441 g/mol. The number of hydrogen-bond acceptors (Lipinski definition) is 3. The molecular formula is C19H18BrCl2NO3. The monoisotopic (exact) mass is 457 g/mol. The first-order valence-electron chi connectivity index (χ1n) is 8.06. The van der Waals surface area contributed by atoms with Crippen molar-refractivity contribution in [3.05, 3.63) is 53.1 Å². The van der Waals surface area contributed by atoms with Crippen molar-refractivity contribution in [2.24, 2.45) is 0 Å². The predicted octanol–water partition coefficient (Wildman–Crippen LogP) is 4.29. The van der Waals surface area contributed by atoms with Gasteiger partial charge in [0, 0.05) is 5.92 Å². The fourth-order valence-corrected chi connectivity index (χ4v) is 5.25. The molecule has 1 N–H and O–H groups in total. The molecule has 138 valence electrons. The van der Waals surface area contributed by atoms with Crippen LogP contribution < -0.4 is 0 Å². The highest BCUT2D eigenvalue weighted by molar-refractivity contribution is 9.09. The Morgan fingerprint density at radius 2 is 1.88 bits per heavy atom. The molecule has 1 heterocycles. The lowest BCUT2D eigenvalue weighted by atomic mass is 9.68. The third kappa shape index (κ3) is 2.33. The Bertz CT molecular complexity index is 845. The van der Waals surface area contributed by atoms with Gasteiger partial charge in [0.05, 0.1) is 5.45 Å². The van der Waals surface area contributed by atoms with Gasteiger partial charge in [-0.1, -0.05) is 46.8 Å². The number of amides is 2. The zero-order chi connectivity index (χ0) is 19.4. The number of aromatic hydroxyl groups is 1. The molecule has 0 unspecified atom stereocenters. The molecule has 4 nitrogen and oxygen atoms in total. The van der Waals surface area contributed by atoms with Crippen LogP contribution in [0.2, 0.25) is 0 Å². The minimum Gasteiger partial charge on any atom is -0.507 e. The first-order valence-corrected chi connectivity index (χ1v) is 9.94. The highest BCUT2D eigenvalue weighted by atomic mass is 79.9. The van der Waals surface area contributed by atoms with E-state index in [1.54, 1.807) is 32.1 Å². The lowest BCUT2D eigenvalue weighted by Gasteiger charge is -2.42. The summed E-state index contributed by atoms with van der Waals surface area (Å²) in [6.45, 7) is 7.38. The van der Waals surface area contributed by atoms with E-state index in [0.717, 1.165) is 10.5 Å². The van der Waals surface area contributed by atoms with E-state index in [4.69, 9.17) is 23.2 Å². The molecule has 26 heavy (non-hydrogen) atoms. The van der Waals surface area contributed by atoms with Crippen molar-refractivity contribution >= 4 is 50.9 Å². The van der Waals surface area contributed by atoms with Crippen LogP contribution in [0.3, 0.4) is 0 Å². The number of allylic oxidation sites excluding steroid dienone is 3. The van der Waals surface area contributed by atoms with Gasteiger partial charge in [-0.3, -0.25) is 14.5 Å². The normalized spacial score (nSPS) is 31.0. The molecule has 3 atom stereocenters. The van der Waals surface area contributed by atoms with E-state index in [-0.39, 0.29) is 17.6 Å². The van der Waals surface area contributed by atoms with Crippen LogP contribution in [-0.4, -0.2) is 37.0 Å². The van der Waals surface area contributed by atoms with E-state index >= 15 is 0 Å². The van der Waals surface area contributed by atoms with Crippen molar-refractivity contribution in [2.45, 2.75) is 35.9 Å². The number of phenolic OH excluding ortho intramolecular Hbond substituents is 1. The zero-order valence-corrected chi connectivity index (χ0v) is 17.5. The van der Waals surface area contributed by atoms with Gasteiger partial charge in [0.2, 0.25) is 0 Å². The molecule has 1 aliphatic heterocycles. The van der Waals surface area contributed by atoms with Gasteiger partial charge in [-0.05, 0) is 42.5 Å². The number of carbonyl (C=O) groups excluding carboxylic acids is 2. The summed E-state index contributed by atoms with van der Waals surface area (Å²) < 4.78 is 0. The number of halogens is 3. The number of nitrogens with zero attached hydrogens (tertiary/aromatic N) is 1. The lowest BCUT2D eigenvalue weighted by molar-refractivity contribution is -0.138. The number of rotatable bonds is 3. The van der Waals surface area contributed by atoms with Gasteiger partial charge >= 0.3 is 0 Å². The molecule has 0 bridgehead atoms. The molecule has 2 amide bonds. The third-order valence-electron chi connectivity index (χ3n) is 5.27. The molecule has 2 aliphatic rings. The number of likely N-dealkylation sites (tertiary alicyclic amines) is 1. The summed E-state index contributed by atoms with van der Waals surface area (Å²) >= 11 is 16.8. The average Bonchev–Trinajstić information content (AvgIpc) is 2.75. The summed E-state index contributed by atoms with van der Waals surface area (Å²) in [4.78, 5) is 23.8. The summed E-state index contributed by atoms with van der Waals surface area (Å²) in [6, 6.07) is 3.54. The number of fused-ring (bicyclic) bond motifs is 1. The van der Waals surface area contributed by atoms with Crippen LogP contribution in [0.25, 0.3) is 0 Å². The van der Waals surface area contributed by atoms with Crippen LogP contribution in [-0.2, 0) is 9.59 Å². The van der Waals surface area contributed by atoms with Crippen molar-refractivity contribution in [1.29, 1.82) is 0 Å². The van der Waals surface area contributed by atoms with E-state index in [1.165, 1.54) is 0 Å². The molecule has 1 aromatic rings. The molecule has 1 fully saturated rings. The Balaban J connectivity index is 2.30. The summed E-state index contributed by atoms with van der Waals surface area (Å²) in [5, 5.41) is 10.1. The predicted molar refractivity (Wildman–Crippen MR) is 106 cm³/mol. The summed E-state index contributed by atoms with van der Waals surface area (Å²) in [5.74, 6) is -1.51. The standard InChI is InChI=1S/C19H18BrCl2NO3/c1-4-12-5-6-18(21)16(25)23(9-20)17(26)19(18,22)14(12)13-7-10(2)15(24)11(3)8-13/h4-5,7-8,14,24H,1,6,9H2,2-3H3/t14-,18-,19+/m1/s1. The summed E-state index contributed by atoms with van der Waals surface area (Å²) in [6.07, 6.45) is 3.59. The van der Waals surface area contributed by atoms with E-state index in [1.807, 2.05) is 6.08 Å². The lowest BCUT2D eigenvalue weighted by Crippen LogP contribution is -2.54. The van der Waals surface area contributed by atoms with E-state index in [2.05, 4.69) is 22.5 Å². The van der Waals surface area contributed by atoms with Crippen LogP contribution in [0.5, 0.6) is 5.75 Å². The molecule has 0 spiro atoms. The van der Waals surface area contributed by atoms with E-state index in [0.29, 0.717) is 16.7 Å². The van der Waals surface area contributed by atoms with Gasteiger partial charge in [0.15, 0.2) is 9.75 Å². The number of hydrogen-bond donors (Lipinski definition) is 1. The van der Waals surface area contributed by atoms with E-state index in [9.17, 15) is 14.7 Å². The summed E-state index contributed by atoms with van der Waals surface area (Å²) in [5.41, 5.74) is 2.78. The van der Waals surface area contributed by atoms with Gasteiger partial charge in [0.1, 0.15) is 5.75 Å². The Morgan fingerprint density at radius 1 is 1.31 bits per heavy atom. The fourth-order valence-electron chi connectivity index (χ4n) is 3.91. The molecule has 3 rings (SSSR count). The van der Waals surface area contributed by atoms with Crippen molar-refractivity contribution < 1.29 is 14.7 Å². The maximum Gasteiger partial charge on any atom is 0.254 e. The van der Waals surface area contributed by atoms with Crippen LogP contribution in [0, 0.1) is 13.8 Å². The highest BCUT2D eigenvalue weighted by Crippen LogP contribution is 2.59. The van der Waals surface area contributed by atoms with Crippen molar-refractivity contribution in [1.82, 2.24) is 4.90 Å². The average molecular weight is 459 g/mol. The molecule has 0 radical (unpaired) electrons. The largest absolute Gasteiger partial charge is 0.507 e. The van der Waals surface area contributed by atoms with Gasteiger partial charge < -0.3 is 5.11 Å². The second kappa shape index (κ2) is 6.39. The first kappa shape index (κ1) is 19.5. The molecule has 1 saturated heterocycles. The highest BCUT2D eigenvalue weighted by Gasteiger charge is 2.72. The van der Waals surface area contributed by atoms with Crippen LogP contribution in [0.15, 0.2) is 36.4 Å². The van der Waals surface area contributed by atoms with Crippen molar-refractivity contribution in [3.63, 3.8) is 0 Å². The third-order valence-corrected chi connectivity index (χ3v) is 7.18. The topological polar surface area (TPSA) is 57.6 Å². The minimum absolute atomic E-state index is 0.0252. The Hall–Kier alpha value is -1.30. The molecule has 7 heteroatoms. The molecule has 0 aromatic heterocycles. The van der Waals surface area contributed by atoms with Crippen LogP contribution in [0.4, 0.5) is 0 Å². The molecule has 1 aliphatic carbocycles. The Morgan fingerprint density at radius 3 is 2.38 bits per heavy atom. The minimum atomic E-state index is -1.67. The summed E-state index contributed by atoms with van der Waals surface area (Å²) in [7, 11) is 0. The number of carbonyl (C=O) groups is 2.